The van der Waals surface area contributed by atoms with E-state index in [1.54, 1.807) is 24.3 Å². The van der Waals surface area contributed by atoms with Gasteiger partial charge in [-0.2, -0.15) is 5.26 Å². The summed E-state index contributed by atoms with van der Waals surface area (Å²) in [5, 5.41) is 21.8. The van der Waals surface area contributed by atoms with Crippen LogP contribution < -0.4 is 5.32 Å². The molecule has 0 aliphatic rings. The number of rotatable bonds is 7. The van der Waals surface area contributed by atoms with Crippen LogP contribution in [0.4, 0.5) is 5.69 Å². The van der Waals surface area contributed by atoms with E-state index in [9.17, 15) is 19.7 Å². The molecule has 0 unspecified atom stereocenters. The van der Waals surface area contributed by atoms with Crippen molar-refractivity contribution in [3.05, 3.63) is 75.3 Å². The van der Waals surface area contributed by atoms with Gasteiger partial charge in [-0.3, -0.25) is 19.7 Å². The lowest BCUT2D eigenvalue weighted by atomic mass is 10.2. The van der Waals surface area contributed by atoms with Crippen molar-refractivity contribution in [2.75, 3.05) is 6.54 Å². The highest BCUT2D eigenvalue weighted by Crippen LogP contribution is 2.11. The zero-order chi connectivity index (χ0) is 18.9. The van der Waals surface area contributed by atoms with Gasteiger partial charge in [0.1, 0.15) is 6.61 Å². The SMILES string of the molecule is N#Cc1ccc(COC(=O)CCNC(=O)c2ccc([N+](=O)[O-])cc2)cc1. The predicted molar refractivity (Wildman–Crippen MR) is 91.0 cm³/mol. The zero-order valence-electron chi connectivity index (χ0n) is 13.7. The van der Waals surface area contributed by atoms with Gasteiger partial charge in [0.25, 0.3) is 11.6 Å². The van der Waals surface area contributed by atoms with E-state index in [1.807, 2.05) is 6.07 Å². The molecule has 0 aromatic heterocycles. The van der Waals surface area contributed by atoms with Crippen LogP contribution in [0.25, 0.3) is 0 Å². The third-order valence-corrected chi connectivity index (χ3v) is 3.44. The van der Waals surface area contributed by atoms with Crippen molar-refractivity contribution >= 4 is 17.6 Å². The van der Waals surface area contributed by atoms with E-state index in [0.717, 1.165) is 5.56 Å². The summed E-state index contributed by atoms with van der Waals surface area (Å²) in [6, 6.07) is 13.8. The minimum atomic E-state index is -0.550. The standard InChI is InChI=1S/C18H15N3O5/c19-11-13-1-3-14(4-2-13)12-26-17(22)9-10-20-18(23)15-5-7-16(8-6-15)21(24)25/h1-8H,9-10,12H2,(H,20,23). The summed E-state index contributed by atoms with van der Waals surface area (Å²) in [7, 11) is 0. The highest BCUT2D eigenvalue weighted by molar-refractivity contribution is 5.94. The van der Waals surface area contributed by atoms with E-state index >= 15 is 0 Å². The van der Waals surface area contributed by atoms with Crippen molar-refractivity contribution in [2.45, 2.75) is 13.0 Å². The van der Waals surface area contributed by atoms with E-state index in [-0.39, 0.29) is 30.8 Å². The summed E-state index contributed by atoms with van der Waals surface area (Å²) in [5.74, 6) is -0.904. The largest absolute Gasteiger partial charge is 0.461 e. The van der Waals surface area contributed by atoms with Crippen LogP contribution in [-0.2, 0) is 16.1 Å². The van der Waals surface area contributed by atoms with Crippen molar-refractivity contribution in [2.24, 2.45) is 0 Å². The minimum Gasteiger partial charge on any atom is -0.461 e. The molecule has 0 aliphatic carbocycles. The van der Waals surface area contributed by atoms with Gasteiger partial charge in [0.15, 0.2) is 0 Å². The summed E-state index contributed by atoms with van der Waals surface area (Å²) < 4.78 is 5.08. The number of esters is 1. The van der Waals surface area contributed by atoms with Crippen molar-refractivity contribution in [1.29, 1.82) is 5.26 Å². The van der Waals surface area contributed by atoms with Crippen molar-refractivity contribution in [3.63, 3.8) is 0 Å². The van der Waals surface area contributed by atoms with Gasteiger partial charge in [-0.15, -0.1) is 0 Å². The smallest absolute Gasteiger partial charge is 0.307 e. The number of carbonyl (C=O) groups excluding carboxylic acids is 2. The number of hydrogen-bond donors (Lipinski definition) is 1. The zero-order valence-corrected chi connectivity index (χ0v) is 13.7. The van der Waals surface area contributed by atoms with Crippen LogP contribution in [-0.4, -0.2) is 23.3 Å². The monoisotopic (exact) mass is 353 g/mol. The molecule has 0 heterocycles. The molecule has 0 atom stereocenters. The minimum absolute atomic E-state index is 0.00496. The van der Waals surface area contributed by atoms with Gasteiger partial charge in [0.05, 0.1) is 23.0 Å². The molecule has 132 valence electrons. The van der Waals surface area contributed by atoms with Crippen LogP contribution in [0, 0.1) is 21.4 Å². The lowest BCUT2D eigenvalue weighted by Gasteiger charge is -2.07. The Labute approximate surface area is 149 Å². The topological polar surface area (TPSA) is 122 Å². The first-order valence-corrected chi connectivity index (χ1v) is 7.67. The van der Waals surface area contributed by atoms with E-state index in [1.165, 1.54) is 24.3 Å². The predicted octanol–water partition coefficient (Wildman–Crippen LogP) is 2.33. The molecule has 2 aromatic rings. The van der Waals surface area contributed by atoms with Crippen molar-refractivity contribution in [1.82, 2.24) is 5.32 Å². The highest BCUT2D eigenvalue weighted by Gasteiger charge is 2.10. The summed E-state index contributed by atoms with van der Waals surface area (Å²) in [4.78, 5) is 33.6. The number of hydrogen-bond acceptors (Lipinski definition) is 6. The second-order valence-corrected chi connectivity index (χ2v) is 5.28. The molecule has 0 radical (unpaired) electrons. The Balaban J connectivity index is 1.72. The van der Waals surface area contributed by atoms with E-state index in [2.05, 4.69) is 5.32 Å². The number of ether oxygens (including phenoxy) is 1. The van der Waals surface area contributed by atoms with Crippen molar-refractivity contribution < 1.29 is 19.2 Å². The van der Waals surface area contributed by atoms with Crippen LogP contribution in [0.2, 0.25) is 0 Å². The number of carbonyl (C=O) groups is 2. The Kier molecular flexibility index (Phi) is 6.40. The lowest BCUT2D eigenvalue weighted by Crippen LogP contribution is -2.26. The van der Waals surface area contributed by atoms with Gasteiger partial charge < -0.3 is 10.1 Å². The molecule has 8 heteroatoms. The van der Waals surface area contributed by atoms with Crippen LogP contribution >= 0.6 is 0 Å². The first-order valence-electron chi connectivity index (χ1n) is 7.67. The third kappa shape index (κ3) is 5.42. The van der Waals surface area contributed by atoms with E-state index in [4.69, 9.17) is 10.00 Å². The normalized spacial score (nSPS) is 9.81. The number of benzene rings is 2. The Hall–Kier alpha value is -3.73. The maximum absolute atomic E-state index is 11.9. The molecule has 8 nitrogen and oxygen atoms in total. The van der Waals surface area contributed by atoms with Gasteiger partial charge in [-0.1, -0.05) is 12.1 Å². The molecule has 26 heavy (non-hydrogen) atoms. The van der Waals surface area contributed by atoms with Gasteiger partial charge in [0.2, 0.25) is 0 Å². The fourth-order valence-electron chi connectivity index (χ4n) is 2.03. The molecule has 2 aromatic carbocycles. The summed E-state index contributed by atoms with van der Waals surface area (Å²) in [6.45, 7) is 0.170. The summed E-state index contributed by atoms with van der Waals surface area (Å²) in [6.07, 6.45) is -0.00496. The number of nitrogens with one attached hydrogen (secondary N) is 1. The second-order valence-electron chi connectivity index (χ2n) is 5.28. The van der Waals surface area contributed by atoms with Crippen LogP contribution in [0.1, 0.15) is 27.9 Å². The molecule has 2 rings (SSSR count). The average Bonchev–Trinajstić information content (AvgIpc) is 2.66. The number of amides is 1. The molecule has 0 bridgehead atoms. The Morgan fingerprint density at radius 3 is 2.35 bits per heavy atom. The average molecular weight is 353 g/mol. The molecule has 0 aliphatic heterocycles. The van der Waals surface area contributed by atoms with Crippen LogP contribution in [0.15, 0.2) is 48.5 Å². The van der Waals surface area contributed by atoms with Gasteiger partial charge in [-0.05, 0) is 29.8 Å². The van der Waals surface area contributed by atoms with Crippen LogP contribution in [0.3, 0.4) is 0 Å². The van der Waals surface area contributed by atoms with Crippen molar-refractivity contribution in [3.8, 4) is 6.07 Å². The molecule has 1 N–H and O–H groups in total. The molecule has 1 amide bonds. The van der Waals surface area contributed by atoms with E-state index < -0.39 is 16.8 Å². The van der Waals surface area contributed by atoms with Gasteiger partial charge in [0, 0.05) is 24.2 Å². The fourth-order valence-corrected chi connectivity index (χ4v) is 2.03. The number of non-ortho nitro benzene ring substituents is 1. The molecule has 0 saturated heterocycles. The quantitative estimate of drug-likeness (QED) is 0.463. The Morgan fingerprint density at radius 2 is 1.77 bits per heavy atom. The molecular weight excluding hydrogens is 338 g/mol. The summed E-state index contributed by atoms with van der Waals surface area (Å²) >= 11 is 0. The third-order valence-electron chi connectivity index (χ3n) is 3.44. The Morgan fingerprint density at radius 1 is 1.12 bits per heavy atom. The maximum Gasteiger partial charge on any atom is 0.307 e. The first-order chi connectivity index (χ1) is 12.5. The fraction of sp³-hybridized carbons (Fsp3) is 0.167. The number of nitriles is 1. The second kappa shape index (κ2) is 8.94. The van der Waals surface area contributed by atoms with Gasteiger partial charge >= 0.3 is 5.97 Å². The van der Waals surface area contributed by atoms with Gasteiger partial charge in [-0.25, -0.2) is 0 Å². The Bertz CT molecular complexity index is 839. The first kappa shape index (κ1) is 18.6. The van der Waals surface area contributed by atoms with E-state index in [0.29, 0.717) is 5.56 Å². The molecule has 0 fully saturated rings. The number of nitro groups is 1. The number of nitro benzene ring substituents is 1. The molecule has 0 spiro atoms. The molecule has 0 saturated carbocycles. The maximum atomic E-state index is 11.9. The lowest BCUT2D eigenvalue weighted by molar-refractivity contribution is -0.384. The highest BCUT2D eigenvalue weighted by atomic mass is 16.6. The van der Waals surface area contributed by atoms with Crippen LogP contribution in [0.5, 0.6) is 0 Å². The molecular formula is C18H15N3O5. The number of nitrogens with zero attached hydrogens (tertiary/aromatic N) is 2. The summed E-state index contributed by atoms with van der Waals surface area (Å²) in [5.41, 5.74) is 1.44.